The van der Waals surface area contributed by atoms with Gasteiger partial charge in [-0.25, -0.2) is 0 Å². The van der Waals surface area contributed by atoms with Crippen LogP contribution in [0, 0.1) is 12.8 Å². The normalized spacial score (nSPS) is 24.1. The summed E-state index contributed by atoms with van der Waals surface area (Å²) in [7, 11) is 0. The van der Waals surface area contributed by atoms with E-state index in [9.17, 15) is 0 Å². The molecule has 2 aromatic rings. The molecule has 0 radical (unpaired) electrons. The van der Waals surface area contributed by atoms with E-state index in [4.69, 9.17) is 16.3 Å². The predicted octanol–water partition coefficient (Wildman–Crippen LogP) is 5.24. The lowest BCUT2D eigenvalue weighted by Gasteiger charge is -2.25. The number of hydrogen-bond donors (Lipinski definition) is 0. The average Bonchev–Trinajstić information content (AvgIpc) is 2.95. The van der Waals surface area contributed by atoms with E-state index in [1.807, 2.05) is 0 Å². The number of benzene rings is 2. The minimum atomic E-state index is 0.0357. The van der Waals surface area contributed by atoms with E-state index in [0.29, 0.717) is 12.0 Å². The van der Waals surface area contributed by atoms with Crippen LogP contribution in [0.2, 0.25) is 0 Å². The Morgan fingerprint density at radius 2 is 2.05 bits per heavy atom. The van der Waals surface area contributed by atoms with E-state index in [-0.39, 0.29) is 5.38 Å². The predicted molar refractivity (Wildman–Crippen MR) is 85.4 cm³/mol. The minimum absolute atomic E-state index is 0.0357. The molecule has 3 rings (SSSR count). The van der Waals surface area contributed by atoms with Gasteiger partial charge in [0.15, 0.2) is 0 Å². The van der Waals surface area contributed by atoms with Gasteiger partial charge in [-0.05, 0) is 41.7 Å². The Morgan fingerprint density at radius 3 is 2.85 bits per heavy atom. The van der Waals surface area contributed by atoms with Crippen LogP contribution < -0.4 is 0 Å². The molecule has 3 unspecified atom stereocenters. The van der Waals surface area contributed by atoms with Gasteiger partial charge < -0.3 is 4.74 Å². The van der Waals surface area contributed by atoms with Crippen LogP contribution in [0.1, 0.15) is 36.3 Å². The van der Waals surface area contributed by atoms with Gasteiger partial charge in [0.1, 0.15) is 0 Å². The number of fused-ring (bicyclic) bond motifs is 1. The molecule has 2 heteroatoms. The monoisotopic (exact) mass is 288 g/mol. The summed E-state index contributed by atoms with van der Waals surface area (Å²) in [4.78, 5) is 0. The van der Waals surface area contributed by atoms with E-state index in [1.54, 1.807) is 0 Å². The second-order valence-electron chi connectivity index (χ2n) is 5.69. The zero-order chi connectivity index (χ0) is 14.1. The van der Waals surface area contributed by atoms with E-state index >= 15 is 0 Å². The molecule has 3 atom stereocenters. The fourth-order valence-corrected chi connectivity index (χ4v) is 3.98. The molecular formula is C18H21ClO. The lowest BCUT2D eigenvalue weighted by Crippen LogP contribution is -2.20. The molecule has 2 aromatic carbocycles. The highest BCUT2D eigenvalue weighted by Gasteiger charge is 2.34. The molecule has 0 N–H and O–H groups in total. The summed E-state index contributed by atoms with van der Waals surface area (Å²) >= 11 is 6.89. The summed E-state index contributed by atoms with van der Waals surface area (Å²) in [6, 6.07) is 12.9. The smallest absolute Gasteiger partial charge is 0.0647 e. The van der Waals surface area contributed by atoms with Crippen LogP contribution in [0.15, 0.2) is 36.4 Å². The molecular weight excluding hydrogens is 268 g/mol. The molecule has 0 bridgehead atoms. The molecule has 1 saturated heterocycles. The van der Waals surface area contributed by atoms with Crippen molar-refractivity contribution in [2.24, 2.45) is 5.92 Å². The lowest BCUT2D eigenvalue weighted by molar-refractivity contribution is 0.0865. The van der Waals surface area contributed by atoms with E-state index in [1.165, 1.54) is 21.9 Å². The molecule has 0 spiro atoms. The number of halogens is 1. The van der Waals surface area contributed by atoms with Crippen LogP contribution >= 0.6 is 11.6 Å². The molecule has 1 aliphatic heterocycles. The molecule has 0 aromatic heterocycles. The second-order valence-corrected chi connectivity index (χ2v) is 6.16. The zero-order valence-corrected chi connectivity index (χ0v) is 12.9. The van der Waals surface area contributed by atoms with Gasteiger partial charge in [-0.3, -0.25) is 0 Å². The highest BCUT2D eigenvalue weighted by Crippen LogP contribution is 2.42. The third-order valence-electron chi connectivity index (χ3n) is 4.50. The van der Waals surface area contributed by atoms with Crippen LogP contribution in [-0.4, -0.2) is 12.7 Å². The first-order chi connectivity index (χ1) is 9.72. The molecule has 0 saturated carbocycles. The van der Waals surface area contributed by atoms with Crippen LogP contribution in [0.25, 0.3) is 10.8 Å². The van der Waals surface area contributed by atoms with Gasteiger partial charge in [0, 0.05) is 12.5 Å². The van der Waals surface area contributed by atoms with Crippen molar-refractivity contribution in [1.82, 2.24) is 0 Å². The summed E-state index contributed by atoms with van der Waals surface area (Å²) < 4.78 is 5.82. The fourth-order valence-electron chi connectivity index (χ4n) is 3.41. The minimum Gasteiger partial charge on any atom is -0.378 e. The van der Waals surface area contributed by atoms with Crippen molar-refractivity contribution in [1.29, 1.82) is 0 Å². The van der Waals surface area contributed by atoms with Crippen molar-refractivity contribution < 1.29 is 4.74 Å². The Morgan fingerprint density at radius 1 is 1.25 bits per heavy atom. The maximum Gasteiger partial charge on any atom is 0.0647 e. The van der Waals surface area contributed by atoms with Crippen molar-refractivity contribution in [3.63, 3.8) is 0 Å². The first-order valence-electron chi connectivity index (χ1n) is 7.46. The molecule has 20 heavy (non-hydrogen) atoms. The molecule has 0 aliphatic carbocycles. The maximum absolute atomic E-state index is 6.89. The Hall–Kier alpha value is -1.05. The van der Waals surface area contributed by atoms with Crippen molar-refractivity contribution in [2.45, 2.75) is 38.2 Å². The summed E-state index contributed by atoms with van der Waals surface area (Å²) in [6.07, 6.45) is 2.41. The maximum atomic E-state index is 6.89. The van der Waals surface area contributed by atoms with Crippen molar-refractivity contribution in [3.8, 4) is 0 Å². The third-order valence-corrected chi connectivity index (χ3v) is 5.05. The van der Waals surface area contributed by atoms with Crippen LogP contribution in [0.4, 0.5) is 0 Å². The number of aryl methyl sites for hydroxylation is 1. The molecule has 1 heterocycles. The van der Waals surface area contributed by atoms with Crippen LogP contribution in [0.5, 0.6) is 0 Å². The molecule has 1 fully saturated rings. The Bertz CT molecular complexity index is 607. The topological polar surface area (TPSA) is 9.23 Å². The van der Waals surface area contributed by atoms with E-state index in [2.05, 4.69) is 50.2 Å². The van der Waals surface area contributed by atoms with Crippen molar-refractivity contribution >= 4 is 22.4 Å². The van der Waals surface area contributed by atoms with Gasteiger partial charge in [0.2, 0.25) is 0 Å². The Balaban J connectivity index is 2.06. The summed E-state index contributed by atoms with van der Waals surface area (Å²) in [6.45, 7) is 5.19. The zero-order valence-electron chi connectivity index (χ0n) is 12.1. The van der Waals surface area contributed by atoms with Crippen molar-refractivity contribution in [3.05, 3.63) is 47.5 Å². The first kappa shape index (κ1) is 13.9. The molecule has 1 aliphatic rings. The van der Waals surface area contributed by atoms with E-state index in [0.717, 1.165) is 19.4 Å². The number of ether oxygens (including phenoxy) is 1. The summed E-state index contributed by atoms with van der Waals surface area (Å²) in [5.41, 5.74) is 2.57. The molecule has 1 nitrogen and oxygen atoms in total. The van der Waals surface area contributed by atoms with E-state index < -0.39 is 0 Å². The largest absolute Gasteiger partial charge is 0.378 e. The standard InChI is InChI=1S/C18H21ClO/c1-3-16-15(10-11-20-16)18(19)17-12(2)8-9-13-6-4-5-7-14(13)17/h4-9,15-16,18H,3,10-11H2,1-2H3. The highest BCUT2D eigenvalue weighted by molar-refractivity contribution is 6.22. The Kier molecular flexibility index (Phi) is 4.00. The molecule has 0 amide bonds. The van der Waals surface area contributed by atoms with Crippen LogP contribution in [0.3, 0.4) is 0 Å². The van der Waals surface area contributed by atoms with Gasteiger partial charge in [0.25, 0.3) is 0 Å². The number of alkyl halides is 1. The Labute approximate surface area is 125 Å². The lowest BCUT2D eigenvalue weighted by atomic mass is 9.87. The van der Waals surface area contributed by atoms with Gasteiger partial charge in [-0.2, -0.15) is 0 Å². The summed E-state index contributed by atoms with van der Waals surface area (Å²) in [5.74, 6) is 0.422. The second kappa shape index (κ2) is 5.75. The summed E-state index contributed by atoms with van der Waals surface area (Å²) in [5, 5.41) is 2.59. The van der Waals surface area contributed by atoms with Gasteiger partial charge in [-0.1, -0.05) is 43.3 Å². The van der Waals surface area contributed by atoms with Gasteiger partial charge >= 0.3 is 0 Å². The molecule has 106 valence electrons. The van der Waals surface area contributed by atoms with Gasteiger partial charge in [0.05, 0.1) is 11.5 Å². The van der Waals surface area contributed by atoms with Crippen molar-refractivity contribution in [2.75, 3.05) is 6.61 Å². The van der Waals surface area contributed by atoms with Crippen LogP contribution in [-0.2, 0) is 4.74 Å². The fraction of sp³-hybridized carbons (Fsp3) is 0.444. The average molecular weight is 289 g/mol. The SMILES string of the molecule is CCC1OCCC1C(Cl)c1c(C)ccc2ccccc12. The number of hydrogen-bond acceptors (Lipinski definition) is 1. The highest BCUT2D eigenvalue weighted by atomic mass is 35.5. The van der Waals surface area contributed by atoms with Gasteiger partial charge in [-0.15, -0.1) is 11.6 Å². The first-order valence-corrected chi connectivity index (χ1v) is 7.90. The number of rotatable bonds is 3. The third kappa shape index (κ3) is 2.34. The quantitative estimate of drug-likeness (QED) is 0.702.